The van der Waals surface area contributed by atoms with Crippen molar-refractivity contribution in [3.8, 4) is 17.0 Å². The molecular formula is C17H15NO2. The van der Waals surface area contributed by atoms with Crippen LogP contribution < -0.4 is 10.2 Å². The number of hydrogen-bond donors (Lipinski definition) is 1. The van der Waals surface area contributed by atoms with Gasteiger partial charge in [-0.1, -0.05) is 42.5 Å². The summed E-state index contributed by atoms with van der Waals surface area (Å²) >= 11 is 0. The highest BCUT2D eigenvalue weighted by Gasteiger charge is 2.14. The molecule has 0 fully saturated rings. The molecule has 20 heavy (non-hydrogen) atoms. The summed E-state index contributed by atoms with van der Waals surface area (Å²) in [7, 11) is 0. The molecule has 0 spiro atoms. The van der Waals surface area contributed by atoms with E-state index in [4.69, 9.17) is 4.74 Å². The van der Waals surface area contributed by atoms with Gasteiger partial charge in [-0.3, -0.25) is 4.79 Å². The molecule has 3 nitrogen and oxygen atoms in total. The number of rotatable bonds is 3. The van der Waals surface area contributed by atoms with Crippen LogP contribution in [0.1, 0.15) is 6.92 Å². The zero-order valence-corrected chi connectivity index (χ0v) is 11.2. The molecule has 1 aromatic heterocycles. The molecule has 0 aliphatic rings. The van der Waals surface area contributed by atoms with Crippen molar-refractivity contribution in [3.63, 3.8) is 0 Å². The fourth-order valence-corrected chi connectivity index (χ4v) is 2.31. The van der Waals surface area contributed by atoms with Crippen molar-refractivity contribution in [3.05, 3.63) is 64.8 Å². The van der Waals surface area contributed by atoms with Crippen LogP contribution >= 0.6 is 0 Å². The molecule has 1 heterocycles. The van der Waals surface area contributed by atoms with Gasteiger partial charge >= 0.3 is 0 Å². The lowest BCUT2D eigenvalue weighted by atomic mass is 10.1. The normalized spacial score (nSPS) is 10.7. The van der Waals surface area contributed by atoms with Crippen LogP contribution in [0.4, 0.5) is 0 Å². The number of nitrogens with one attached hydrogen (secondary N) is 1. The van der Waals surface area contributed by atoms with E-state index >= 15 is 0 Å². The second-order valence-corrected chi connectivity index (χ2v) is 4.50. The summed E-state index contributed by atoms with van der Waals surface area (Å²) in [6, 6.07) is 17.2. The van der Waals surface area contributed by atoms with Gasteiger partial charge in [-0.05, 0) is 19.1 Å². The summed E-state index contributed by atoms with van der Waals surface area (Å²) in [4.78, 5) is 15.9. The molecule has 100 valence electrons. The number of pyridine rings is 1. The summed E-state index contributed by atoms with van der Waals surface area (Å²) in [5, 5.41) is 0.649. The molecule has 1 N–H and O–H groups in total. The third-order valence-electron chi connectivity index (χ3n) is 3.22. The Hall–Kier alpha value is -2.55. The van der Waals surface area contributed by atoms with Gasteiger partial charge < -0.3 is 9.72 Å². The van der Waals surface area contributed by atoms with E-state index in [-0.39, 0.29) is 5.43 Å². The predicted octanol–water partition coefficient (Wildman–Crippen LogP) is 3.59. The van der Waals surface area contributed by atoms with Crippen molar-refractivity contribution < 1.29 is 4.74 Å². The minimum Gasteiger partial charge on any atom is -0.488 e. The van der Waals surface area contributed by atoms with Gasteiger partial charge in [-0.15, -0.1) is 0 Å². The predicted molar refractivity (Wildman–Crippen MR) is 81.2 cm³/mol. The quantitative estimate of drug-likeness (QED) is 0.786. The van der Waals surface area contributed by atoms with E-state index < -0.39 is 0 Å². The Morgan fingerprint density at radius 2 is 1.70 bits per heavy atom. The molecule has 3 heteroatoms. The lowest BCUT2D eigenvalue weighted by molar-refractivity contribution is 0.338. The van der Waals surface area contributed by atoms with Gasteiger partial charge in [0.25, 0.3) is 0 Å². The van der Waals surface area contributed by atoms with Crippen LogP contribution in [0.2, 0.25) is 0 Å². The number of H-pyrrole nitrogens is 1. The third-order valence-corrected chi connectivity index (χ3v) is 3.22. The fourth-order valence-electron chi connectivity index (χ4n) is 2.31. The van der Waals surface area contributed by atoms with Crippen molar-refractivity contribution in [1.29, 1.82) is 0 Å². The Morgan fingerprint density at radius 1 is 1.00 bits per heavy atom. The largest absolute Gasteiger partial charge is 0.488 e. The smallest absolute Gasteiger partial charge is 0.231 e. The van der Waals surface area contributed by atoms with Crippen LogP contribution in [0, 0.1) is 0 Å². The van der Waals surface area contributed by atoms with Crippen LogP contribution in [0.25, 0.3) is 22.2 Å². The van der Waals surface area contributed by atoms with E-state index in [0.29, 0.717) is 17.7 Å². The summed E-state index contributed by atoms with van der Waals surface area (Å²) in [6.07, 6.45) is 0. The van der Waals surface area contributed by atoms with Gasteiger partial charge in [0.2, 0.25) is 5.43 Å². The van der Waals surface area contributed by atoms with Gasteiger partial charge in [0.05, 0.1) is 12.3 Å². The summed E-state index contributed by atoms with van der Waals surface area (Å²) < 4.78 is 5.59. The number of hydrogen-bond acceptors (Lipinski definition) is 2. The molecule has 0 bridgehead atoms. The third kappa shape index (κ3) is 2.07. The maximum Gasteiger partial charge on any atom is 0.231 e. The van der Waals surface area contributed by atoms with Crippen LogP contribution in [0.15, 0.2) is 59.4 Å². The van der Waals surface area contributed by atoms with Crippen molar-refractivity contribution in [2.45, 2.75) is 6.92 Å². The number of aromatic amines is 1. The first-order valence-corrected chi connectivity index (χ1v) is 6.64. The first-order chi connectivity index (χ1) is 9.81. The minimum absolute atomic E-state index is 0.0694. The molecule has 3 rings (SSSR count). The van der Waals surface area contributed by atoms with E-state index in [2.05, 4.69) is 4.98 Å². The van der Waals surface area contributed by atoms with Crippen molar-refractivity contribution in [1.82, 2.24) is 4.98 Å². The zero-order valence-electron chi connectivity index (χ0n) is 11.2. The number of fused-ring (bicyclic) bond motifs is 1. The molecule has 0 atom stereocenters. The standard InChI is InChI=1S/C17H15NO2/c1-2-20-17-15(12-8-4-3-5-9-12)18-14-11-7-6-10-13(14)16(17)19/h3-11H,2H2,1H3,(H,18,19). The number of aromatic nitrogens is 1. The van der Waals surface area contributed by atoms with E-state index in [0.717, 1.165) is 16.8 Å². The van der Waals surface area contributed by atoms with Gasteiger partial charge in [0, 0.05) is 16.5 Å². The Labute approximate surface area is 116 Å². The van der Waals surface area contributed by atoms with E-state index in [1.807, 2.05) is 61.5 Å². The van der Waals surface area contributed by atoms with E-state index in [1.165, 1.54) is 0 Å². The van der Waals surface area contributed by atoms with Crippen LogP contribution in [0.5, 0.6) is 5.75 Å². The second kappa shape index (κ2) is 5.21. The number of ether oxygens (including phenoxy) is 1. The maximum atomic E-state index is 12.6. The molecule has 0 saturated heterocycles. The summed E-state index contributed by atoms with van der Waals surface area (Å²) in [6.45, 7) is 2.34. The Morgan fingerprint density at radius 3 is 2.45 bits per heavy atom. The lowest BCUT2D eigenvalue weighted by Gasteiger charge is -2.11. The van der Waals surface area contributed by atoms with Gasteiger partial charge in [-0.2, -0.15) is 0 Å². The minimum atomic E-state index is -0.0694. The lowest BCUT2D eigenvalue weighted by Crippen LogP contribution is -2.11. The van der Waals surface area contributed by atoms with Crippen molar-refractivity contribution in [2.24, 2.45) is 0 Å². The summed E-state index contributed by atoms with van der Waals surface area (Å²) in [5.74, 6) is 0.386. The average molecular weight is 265 g/mol. The molecule has 0 saturated carbocycles. The first kappa shape index (κ1) is 12.5. The van der Waals surface area contributed by atoms with E-state index in [1.54, 1.807) is 0 Å². The highest BCUT2D eigenvalue weighted by molar-refractivity contribution is 5.84. The Balaban J connectivity index is 2.35. The van der Waals surface area contributed by atoms with E-state index in [9.17, 15) is 4.79 Å². The van der Waals surface area contributed by atoms with Gasteiger partial charge in [0.15, 0.2) is 5.75 Å². The highest BCUT2D eigenvalue weighted by Crippen LogP contribution is 2.27. The second-order valence-electron chi connectivity index (χ2n) is 4.50. The van der Waals surface area contributed by atoms with Crippen molar-refractivity contribution >= 4 is 10.9 Å². The van der Waals surface area contributed by atoms with Crippen LogP contribution in [0.3, 0.4) is 0 Å². The van der Waals surface area contributed by atoms with Crippen molar-refractivity contribution in [2.75, 3.05) is 6.61 Å². The SMILES string of the molecule is CCOc1c(-c2ccccc2)[nH]c2ccccc2c1=O. The van der Waals surface area contributed by atoms with Gasteiger partial charge in [-0.25, -0.2) is 0 Å². The zero-order chi connectivity index (χ0) is 13.9. The van der Waals surface area contributed by atoms with Gasteiger partial charge in [0.1, 0.15) is 0 Å². The van der Waals surface area contributed by atoms with Crippen LogP contribution in [-0.4, -0.2) is 11.6 Å². The molecule has 0 aliphatic heterocycles. The molecular weight excluding hydrogens is 250 g/mol. The first-order valence-electron chi connectivity index (χ1n) is 6.64. The Bertz CT molecular complexity index is 791. The number of para-hydroxylation sites is 1. The topological polar surface area (TPSA) is 42.1 Å². The van der Waals surface area contributed by atoms with Crippen LogP contribution in [-0.2, 0) is 0 Å². The fraction of sp³-hybridized carbons (Fsp3) is 0.118. The molecule has 0 amide bonds. The Kier molecular flexibility index (Phi) is 3.25. The monoisotopic (exact) mass is 265 g/mol. The molecule has 0 unspecified atom stereocenters. The molecule has 2 aromatic carbocycles. The molecule has 0 aliphatic carbocycles. The maximum absolute atomic E-state index is 12.6. The summed E-state index contributed by atoms with van der Waals surface area (Å²) in [5.41, 5.74) is 2.43. The highest BCUT2D eigenvalue weighted by atomic mass is 16.5. The molecule has 0 radical (unpaired) electrons. The number of benzene rings is 2. The molecule has 3 aromatic rings. The average Bonchev–Trinajstić information content (AvgIpc) is 2.51.